The Morgan fingerprint density at radius 1 is 1.18 bits per heavy atom. The summed E-state index contributed by atoms with van der Waals surface area (Å²) in [6.07, 6.45) is 2.43. The minimum Gasteiger partial charge on any atom is -0.341 e. The van der Waals surface area contributed by atoms with Crippen molar-refractivity contribution in [3.05, 3.63) is 81.3 Å². The van der Waals surface area contributed by atoms with E-state index >= 15 is 0 Å². The number of halogens is 1. The Balaban J connectivity index is 1.57. The number of thiazole rings is 1. The Labute approximate surface area is 172 Å². The van der Waals surface area contributed by atoms with Crippen LogP contribution >= 0.6 is 22.9 Å². The lowest BCUT2D eigenvalue weighted by Gasteiger charge is -2.12. The van der Waals surface area contributed by atoms with Gasteiger partial charge in [0.15, 0.2) is 5.13 Å². The molecule has 0 spiro atoms. The van der Waals surface area contributed by atoms with Gasteiger partial charge in [0.05, 0.1) is 0 Å². The Kier molecular flexibility index (Phi) is 6.44. The molecule has 1 heterocycles. The van der Waals surface area contributed by atoms with E-state index in [2.05, 4.69) is 15.6 Å². The van der Waals surface area contributed by atoms with Crippen LogP contribution in [0.1, 0.15) is 33.3 Å². The monoisotopic (exact) mass is 413 g/mol. The molecule has 0 saturated heterocycles. The molecule has 1 atom stereocenters. The van der Waals surface area contributed by atoms with E-state index in [9.17, 15) is 9.59 Å². The highest BCUT2D eigenvalue weighted by atomic mass is 35.5. The number of amides is 2. The molecule has 0 aliphatic carbocycles. The number of nitrogens with zero attached hydrogens (tertiary/aromatic N) is 1. The molecule has 3 aromatic rings. The van der Waals surface area contributed by atoms with Gasteiger partial charge in [0.2, 0.25) is 5.91 Å². The van der Waals surface area contributed by atoms with Crippen LogP contribution < -0.4 is 10.6 Å². The molecule has 1 unspecified atom stereocenters. The number of carbonyl (C=O) groups is 2. The van der Waals surface area contributed by atoms with Crippen LogP contribution in [0.25, 0.3) is 0 Å². The Hall–Kier alpha value is -2.70. The fraction of sp³-hybridized carbons (Fsp3) is 0.190. The smallest absolute Gasteiger partial charge is 0.251 e. The van der Waals surface area contributed by atoms with Crippen molar-refractivity contribution < 1.29 is 9.59 Å². The number of benzene rings is 2. The van der Waals surface area contributed by atoms with Gasteiger partial charge in [0, 0.05) is 28.1 Å². The highest BCUT2D eigenvalue weighted by Crippen LogP contribution is 2.24. The lowest BCUT2D eigenvalue weighted by atomic mass is 10.1. The summed E-state index contributed by atoms with van der Waals surface area (Å²) in [6, 6.07) is 14.0. The third-order valence-corrected chi connectivity index (χ3v) is 5.50. The number of hydrogen-bond donors (Lipinski definition) is 2. The number of carbonyl (C=O) groups excluding carboxylic acids is 2. The summed E-state index contributed by atoms with van der Waals surface area (Å²) >= 11 is 7.57. The maximum Gasteiger partial charge on any atom is 0.251 e. The van der Waals surface area contributed by atoms with E-state index in [4.69, 9.17) is 11.6 Å². The number of aromatic nitrogens is 1. The fourth-order valence-corrected chi connectivity index (χ4v) is 3.60. The topological polar surface area (TPSA) is 71.1 Å². The average Bonchev–Trinajstić information content (AvgIpc) is 3.12. The molecular formula is C21H20ClN3O2S. The maximum atomic E-state index is 12.4. The van der Waals surface area contributed by atoms with Crippen LogP contribution in [-0.4, -0.2) is 22.8 Å². The van der Waals surface area contributed by atoms with Crippen molar-refractivity contribution in [2.45, 2.75) is 26.3 Å². The van der Waals surface area contributed by atoms with Gasteiger partial charge < -0.3 is 10.6 Å². The second kappa shape index (κ2) is 8.99. The molecule has 28 heavy (non-hydrogen) atoms. The van der Waals surface area contributed by atoms with Crippen LogP contribution in [-0.2, 0) is 11.2 Å². The van der Waals surface area contributed by atoms with E-state index in [1.165, 1.54) is 11.3 Å². The molecule has 2 amide bonds. The van der Waals surface area contributed by atoms with Gasteiger partial charge in [-0.25, -0.2) is 4.98 Å². The van der Waals surface area contributed by atoms with Crippen molar-refractivity contribution in [3.63, 3.8) is 0 Å². The Morgan fingerprint density at radius 2 is 1.93 bits per heavy atom. The van der Waals surface area contributed by atoms with Crippen LogP contribution in [0.2, 0.25) is 5.02 Å². The van der Waals surface area contributed by atoms with E-state index in [1.54, 1.807) is 37.4 Å². The summed E-state index contributed by atoms with van der Waals surface area (Å²) in [6.45, 7) is 3.60. The zero-order chi connectivity index (χ0) is 20.1. The molecule has 0 aliphatic heterocycles. The zero-order valence-electron chi connectivity index (χ0n) is 15.5. The number of aryl methyl sites for hydroxylation is 1. The molecule has 0 radical (unpaired) electrons. The van der Waals surface area contributed by atoms with Gasteiger partial charge in [-0.1, -0.05) is 41.9 Å². The lowest BCUT2D eigenvalue weighted by molar-refractivity contribution is -0.117. The van der Waals surface area contributed by atoms with E-state index in [-0.39, 0.29) is 11.8 Å². The molecule has 1 aromatic heterocycles. The number of hydrogen-bond acceptors (Lipinski definition) is 4. The summed E-state index contributed by atoms with van der Waals surface area (Å²) < 4.78 is 0. The van der Waals surface area contributed by atoms with Gasteiger partial charge in [-0.15, -0.1) is 11.3 Å². The quantitative estimate of drug-likeness (QED) is 0.627. The molecule has 0 bridgehead atoms. The normalized spacial score (nSPS) is 11.7. The molecule has 0 saturated carbocycles. The molecule has 0 fully saturated rings. The van der Waals surface area contributed by atoms with E-state index in [0.29, 0.717) is 17.1 Å². The third-order valence-electron chi connectivity index (χ3n) is 4.18. The SMILES string of the molecule is Cc1ccc(Cc2cnc(NC(=O)C(C)NC(=O)c3ccccc3)s2)cc1Cl. The molecule has 144 valence electrons. The number of anilines is 1. The van der Waals surface area contributed by atoms with Crippen molar-refractivity contribution >= 4 is 39.9 Å². The summed E-state index contributed by atoms with van der Waals surface area (Å²) in [5, 5.41) is 6.67. The minimum absolute atomic E-state index is 0.292. The van der Waals surface area contributed by atoms with Crippen molar-refractivity contribution in [1.82, 2.24) is 10.3 Å². The standard InChI is InChI=1S/C21H20ClN3O2S/c1-13-8-9-15(11-18(13)22)10-17-12-23-21(28-17)25-19(26)14(2)24-20(27)16-6-4-3-5-7-16/h3-9,11-12,14H,10H2,1-2H3,(H,24,27)(H,23,25,26). The molecule has 3 rings (SSSR count). The van der Waals surface area contributed by atoms with Crippen LogP contribution in [0, 0.1) is 6.92 Å². The largest absolute Gasteiger partial charge is 0.341 e. The molecule has 7 heteroatoms. The maximum absolute atomic E-state index is 12.4. The molecule has 2 aromatic carbocycles. The first kappa shape index (κ1) is 20.0. The van der Waals surface area contributed by atoms with Gasteiger partial charge >= 0.3 is 0 Å². The first-order chi connectivity index (χ1) is 13.4. The predicted molar refractivity (Wildman–Crippen MR) is 113 cm³/mol. The van der Waals surface area contributed by atoms with Crippen molar-refractivity contribution in [3.8, 4) is 0 Å². The molecule has 2 N–H and O–H groups in total. The fourth-order valence-electron chi connectivity index (χ4n) is 2.54. The van der Waals surface area contributed by atoms with E-state index in [0.717, 1.165) is 21.0 Å². The van der Waals surface area contributed by atoms with Crippen molar-refractivity contribution in [2.75, 3.05) is 5.32 Å². The first-order valence-electron chi connectivity index (χ1n) is 8.79. The number of nitrogens with one attached hydrogen (secondary N) is 2. The third kappa shape index (κ3) is 5.18. The minimum atomic E-state index is -0.684. The van der Waals surface area contributed by atoms with Gasteiger partial charge in [-0.05, 0) is 43.2 Å². The van der Waals surface area contributed by atoms with E-state index in [1.807, 2.05) is 31.2 Å². The zero-order valence-corrected chi connectivity index (χ0v) is 17.1. The second-order valence-corrected chi connectivity index (χ2v) is 7.96. The highest BCUT2D eigenvalue weighted by Gasteiger charge is 2.18. The van der Waals surface area contributed by atoms with E-state index < -0.39 is 6.04 Å². The highest BCUT2D eigenvalue weighted by molar-refractivity contribution is 7.15. The summed E-state index contributed by atoms with van der Waals surface area (Å²) in [7, 11) is 0. The van der Waals surface area contributed by atoms with Gasteiger partial charge in [0.1, 0.15) is 6.04 Å². The molecule has 0 aliphatic rings. The van der Waals surface area contributed by atoms with Crippen LogP contribution in [0.3, 0.4) is 0 Å². The Morgan fingerprint density at radius 3 is 2.64 bits per heavy atom. The van der Waals surface area contributed by atoms with Crippen molar-refractivity contribution in [1.29, 1.82) is 0 Å². The predicted octanol–water partition coefficient (Wildman–Crippen LogP) is 4.45. The molecule has 5 nitrogen and oxygen atoms in total. The average molecular weight is 414 g/mol. The summed E-state index contributed by atoms with van der Waals surface area (Å²) in [5.74, 6) is -0.608. The summed E-state index contributed by atoms with van der Waals surface area (Å²) in [5.41, 5.74) is 2.63. The van der Waals surface area contributed by atoms with Crippen LogP contribution in [0.15, 0.2) is 54.7 Å². The number of rotatable bonds is 6. The van der Waals surface area contributed by atoms with Crippen LogP contribution in [0.4, 0.5) is 5.13 Å². The van der Waals surface area contributed by atoms with Gasteiger partial charge in [-0.2, -0.15) is 0 Å². The Bertz CT molecular complexity index is 988. The first-order valence-corrected chi connectivity index (χ1v) is 9.98. The summed E-state index contributed by atoms with van der Waals surface area (Å²) in [4.78, 5) is 29.8. The van der Waals surface area contributed by atoms with Crippen LogP contribution in [0.5, 0.6) is 0 Å². The van der Waals surface area contributed by atoms with Gasteiger partial charge in [-0.3, -0.25) is 9.59 Å². The second-order valence-electron chi connectivity index (χ2n) is 6.44. The van der Waals surface area contributed by atoms with Gasteiger partial charge in [0.25, 0.3) is 5.91 Å². The lowest BCUT2D eigenvalue weighted by Crippen LogP contribution is -2.41. The molecular weight excluding hydrogens is 394 g/mol. The van der Waals surface area contributed by atoms with Crippen molar-refractivity contribution in [2.24, 2.45) is 0 Å².